The van der Waals surface area contributed by atoms with Gasteiger partial charge in [-0.2, -0.15) is 0 Å². The fraction of sp³-hybridized carbons (Fsp3) is 0.389. The van der Waals surface area contributed by atoms with Crippen molar-refractivity contribution in [3.05, 3.63) is 41.8 Å². The van der Waals surface area contributed by atoms with Crippen LogP contribution in [0.2, 0.25) is 0 Å². The smallest absolute Gasteiger partial charge is 0.276 e. The molecule has 2 aromatic heterocycles. The first kappa shape index (κ1) is 14.9. The minimum atomic E-state index is -0.0281. The quantitative estimate of drug-likeness (QED) is 0.723. The van der Waals surface area contributed by atoms with Crippen molar-refractivity contribution in [3.8, 4) is 0 Å². The summed E-state index contributed by atoms with van der Waals surface area (Å²) in [4.78, 5) is 21.4. The van der Waals surface area contributed by atoms with E-state index in [0.717, 1.165) is 42.3 Å². The maximum absolute atomic E-state index is 12.6. The van der Waals surface area contributed by atoms with Crippen LogP contribution in [-0.2, 0) is 0 Å². The third-order valence-corrected chi connectivity index (χ3v) is 5.94. The van der Waals surface area contributed by atoms with Crippen LogP contribution in [0.5, 0.6) is 0 Å². The van der Waals surface area contributed by atoms with Crippen molar-refractivity contribution in [2.24, 2.45) is 0 Å². The number of hydrogen-bond acceptors (Lipinski definition) is 6. The largest absolute Gasteiger partial charge is 0.360 e. The first-order valence-corrected chi connectivity index (χ1v) is 9.46. The topological polar surface area (TPSA) is 62.5 Å². The fourth-order valence-electron chi connectivity index (χ4n) is 3.21. The summed E-state index contributed by atoms with van der Waals surface area (Å²) in [6.45, 7) is 2.94. The van der Waals surface area contributed by atoms with Crippen LogP contribution in [0.4, 0.5) is 5.13 Å². The molecular formula is C18H18N4O2S. The SMILES string of the molecule is O=C(c1cc(C2CC2)on1)N1CCN(c2nc3ccccc3s2)CC1. The monoisotopic (exact) mass is 354 g/mol. The minimum Gasteiger partial charge on any atom is -0.360 e. The predicted molar refractivity (Wildman–Crippen MR) is 96.2 cm³/mol. The molecule has 3 aromatic rings. The standard InChI is InChI=1S/C18H18N4O2S/c23-17(14-11-15(24-20-14)12-5-6-12)21-7-9-22(10-8-21)18-19-13-3-1-2-4-16(13)25-18/h1-4,11-12H,5-10H2. The molecule has 1 aliphatic carbocycles. The number of carbonyl (C=O) groups excluding carboxylic acids is 1. The molecule has 6 nitrogen and oxygen atoms in total. The fourth-order valence-corrected chi connectivity index (χ4v) is 4.23. The van der Waals surface area contributed by atoms with Gasteiger partial charge >= 0.3 is 0 Å². The second-order valence-corrected chi connectivity index (χ2v) is 7.64. The molecule has 0 N–H and O–H groups in total. The minimum absolute atomic E-state index is 0.0281. The number of amides is 1. The summed E-state index contributed by atoms with van der Waals surface area (Å²) in [6.07, 6.45) is 2.29. The summed E-state index contributed by atoms with van der Waals surface area (Å²) in [5, 5.41) is 5.00. The molecule has 5 rings (SSSR count). The Labute approximate surface area is 149 Å². The Balaban J connectivity index is 1.26. The molecule has 7 heteroatoms. The zero-order chi connectivity index (χ0) is 16.8. The Kier molecular flexibility index (Phi) is 3.48. The molecule has 0 unspecified atom stereocenters. The van der Waals surface area contributed by atoms with Crippen LogP contribution in [0, 0.1) is 0 Å². The zero-order valence-corrected chi connectivity index (χ0v) is 14.5. The van der Waals surface area contributed by atoms with E-state index >= 15 is 0 Å². The number of para-hydroxylation sites is 1. The van der Waals surface area contributed by atoms with Crippen LogP contribution in [0.25, 0.3) is 10.2 Å². The number of aromatic nitrogens is 2. The number of anilines is 1. The van der Waals surface area contributed by atoms with Crippen molar-refractivity contribution in [1.29, 1.82) is 0 Å². The second-order valence-electron chi connectivity index (χ2n) is 6.63. The van der Waals surface area contributed by atoms with Crippen molar-refractivity contribution in [1.82, 2.24) is 15.0 Å². The van der Waals surface area contributed by atoms with Gasteiger partial charge in [0.05, 0.1) is 10.2 Å². The molecule has 1 saturated carbocycles. The number of thiazole rings is 1. The van der Waals surface area contributed by atoms with Gasteiger partial charge in [0, 0.05) is 38.2 Å². The molecule has 0 atom stereocenters. The summed E-state index contributed by atoms with van der Waals surface area (Å²) in [5.41, 5.74) is 1.48. The zero-order valence-electron chi connectivity index (χ0n) is 13.7. The predicted octanol–water partition coefficient (Wildman–Crippen LogP) is 3.12. The molecule has 25 heavy (non-hydrogen) atoms. The van der Waals surface area contributed by atoms with Crippen LogP contribution in [0.3, 0.4) is 0 Å². The van der Waals surface area contributed by atoms with E-state index in [4.69, 9.17) is 9.51 Å². The van der Waals surface area contributed by atoms with Gasteiger partial charge in [-0.3, -0.25) is 4.79 Å². The van der Waals surface area contributed by atoms with Crippen molar-refractivity contribution >= 4 is 32.6 Å². The molecule has 2 fully saturated rings. The Morgan fingerprint density at radius 2 is 1.96 bits per heavy atom. The van der Waals surface area contributed by atoms with Crippen molar-refractivity contribution in [3.63, 3.8) is 0 Å². The van der Waals surface area contributed by atoms with Gasteiger partial charge in [0.1, 0.15) is 5.76 Å². The van der Waals surface area contributed by atoms with Gasteiger partial charge in [-0.1, -0.05) is 28.6 Å². The van der Waals surface area contributed by atoms with E-state index in [1.54, 1.807) is 11.3 Å². The van der Waals surface area contributed by atoms with E-state index in [1.807, 2.05) is 29.2 Å². The maximum atomic E-state index is 12.6. The maximum Gasteiger partial charge on any atom is 0.276 e. The lowest BCUT2D eigenvalue weighted by atomic mass is 10.2. The summed E-state index contributed by atoms with van der Waals surface area (Å²) in [7, 11) is 0. The summed E-state index contributed by atoms with van der Waals surface area (Å²) >= 11 is 1.71. The van der Waals surface area contributed by atoms with Crippen LogP contribution in [0.1, 0.15) is 35.0 Å². The number of rotatable bonds is 3. The van der Waals surface area contributed by atoms with Crippen LogP contribution >= 0.6 is 11.3 Å². The number of hydrogen-bond donors (Lipinski definition) is 0. The highest BCUT2D eigenvalue weighted by Crippen LogP contribution is 2.40. The molecular weight excluding hydrogens is 336 g/mol. The lowest BCUT2D eigenvalue weighted by molar-refractivity contribution is 0.0736. The van der Waals surface area contributed by atoms with Gasteiger partial charge in [-0.25, -0.2) is 4.98 Å². The van der Waals surface area contributed by atoms with E-state index in [1.165, 1.54) is 4.70 Å². The first-order chi connectivity index (χ1) is 12.3. The van der Waals surface area contributed by atoms with Gasteiger partial charge in [0.2, 0.25) is 0 Å². The second kappa shape index (κ2) is 5.84. The van der Waals surface area contributed by atoms with Gasteiger partial charge in [-0.05, 0) is 25.0 Å². The molecule has 0 bridgehead atoms. The number of fused-ring (bicyclic) bond motifs is 1. The van der Waals surface area contributed by atoms with Crippen LogP contribution < -0.4 is 4.90 Å². The molecule has 128 valence electrons. The molecule has 3 heterocycles. The lowest BCUT2D eigenvalue weighted by Gasteiger charge is -2.34. The first-order valence-electron chi connectivity index (χ1n) is 8.64. The van der Waals surface area contributed by atoms with E-state index in [2.05, 4.69) is 16.1 Å². The molecule has 2 aliphatic rings. The van der Waals surface area contributed by atoms with E-state index in [0.29, 0.717) is 24.7 Å². The Morgan fingerprint density at radius 1 is 1.16 bits per heavy atom. The number of benzene rings is 1. The molecule has 1 saturated heterocycles. The average Bonchev–Trinajstić information content (AvgIpc) is 3.22. The lowest BCUT2D eigenvalue weighted by Crippen LogP contribution is -2.48. The average molecular weight is 354 g/mol. The van der Waals surface area contributed by atoms with E-state index in [9.17, 15) is 4.79 Å². The van der Waals surface area contributed by atoms with Crippen LogP contribution in [0.15, 0.2) is 34.9 Å². The Hall–Kier alpha value is -2.41. The Morgan fingerprint density at radius 3 is 2.72 bits per heavy atom. The molecule has 1 aromatic carbocycles. The highest BCUT2D eigenvalue weighted by molar-refractivity contribution is 7.22. The Bertz CT molecular complexity index is 889. The summed E-state index contributed by atoms with van der Waals surface area (Å²) < 4.78 is 6.51. The molecule has 1 aliphatic heterocycles. The van der Waals surface area contributed by atoms with Gasteiger partial charge in [0.15, 0.2) is 10.8 Å². The normalized spacial score (nSPS) is 18.1. The number of piperazine rings is 1. The van der Waals surface area contributed by atoms with Gasteiger partial charge in [0.25, 0.3) is 5.91 Å². The van der Waals surface area contributed by atoms with Gasteiger partial charge in [-0.15, -0.1) is 0 Å². The van der Waals surface area contributed by atoms with Crippen molar-refractivity contribution in [2.45, 2.75) is 18.8 Å². The van der Waals surface area contributed by atoms with E-state index < -0.39 is 0 Å². The van der Waals surface area contributed by atoms with Crippen molar-refractivity contribution in [2.75, 3.05) is 31.1 Å². The molecule has 1 amide bonds. The molecule has 0 spiro atoms. The molecule has 0 radical (unpaired) electrons. The summed E-state index contributed by atoms with van der Waals surface area (Å²) in [5.74, 6) is 1.31. The van der Waals surface area contributed by atoms with Crippen molar-refractivity contribution < 1.29 is 9.32 Å². The van der Waals surface area contributed by atoms with Gasteiger partial charge < -0.3 is 14.3 Å². The third kappa shape index (κ3) is 2.78. The highest BCUT2D eigenvalue weighted by atomic mass is 32.1. The third-order valence-electron chi connectivity index (χ3n) is 4.85. The summed E-state index contributed by atoms with van der Waals surface area (Å²) in [6, 6.07) is 10.0. The van der Waals surface area contributed by atoms with Crippen LogP contribution in [-0.4, -0.2) is 47.1 Å². The number of carbonyl (C=O) groups is 1. The van der Waals surface area contributed by atoms with E-state index in [-0.39, 0.29) is 5.91 Å². The number of nitrogens with zero attached hydrogens (tertiary/aromatic N) is 4. The highest BCUT2D eigenvalue weighted by Gasteiger charge is 2.31.